The molecule has 23 heavy (non-hydrogen) atoms. The molecule has 0 radical (unpaired) electrons. The van der Waals surface area contributed by atoms with Gasteiger partial charge in [0.2, 0.25) is 11.8 Å². The summed E-state index contributed by atoms with van der Waals surface area (Å²) in [6.45, 7) is 0.367. The molecule has 0 atom stereocenters. The molecule has 118 valence electrons. The van der Waals surface area contributed by atoms with Crippen molar-refractivity contribution in [3.8, 4) is 11.6 Å². The van der Waals surface area contributed by atoms with Gasteiger partial charge in [0.25, 0.3) is 0 Å². The van der Waals surface area contributed by atoms with Gasteiger partial charge in [0.1, 0.15) is 4.70 Å². The second kappa shape index (κ2) is 5.18. The summed E-state index contributed by atoms with van der Waals surface area (Å²) >= 11 is 1.03. The molecule has 0 fully saturated rings. The molecule has 0 aliphatic rings. The summed E-state index contributed by atoms with van der Waals surface area (Å²) < 4.78 is 8.79. The van der Waals surface area contributed by atoms with Crippen molar-refractivity contribution in [1.29, 1.82) is 0 Å². The lowest BCUT2D eigenvalue weighted by Crippen LogP contribution is -2.15. The van der Waals surface area contributed by atoms with Crippen LogP contribution in [0, 0.1) is 0 Å². The van der Waals surface area contributed by atoms with Gasteiger partial charge in [-0.25, -0.2) is 4.98 Å². The molecule has 0 spiro atoms. The molecular weight excluding hydrogens is 320 g/mol. The van der Waals surface area contributed by atoms with E-state index in [1.807, 2.05) is 0 Å². The second-order valence-corrected chi connectivity index (χ2v) is 5.83. The summed E-state index contributed by atoms with van der Waals surface area (Å²) in [6, 6.07) is 3.48. The van der Waals surface area contributed by atoms with E-state index in [2.05, 4.69) is 15.1 Å². The van der Waals surface area contributed by atoms with Crippen LogP contribution in [-0.4, -0.2) is 35.9 Å². The van der Waals surface area contributed by atoms with Gasteiger partial charge in [0.05, 0.1) is 6.26 Å². The number of aryl methyl sites for hydroxylation is 1. The van der Waals surface area contributed by atoms with Crippen LogP contribution in [0.3, 0.4) is 0 Å². The molecule has 4 aromatic rings. The number of rotatable bonds is 4. The van der Waals surface area contributed by atoms with Crippen molar-refractivity contribution >= 4 is 33.3 Å². The third-order valence-corrected chi connectivity index (χ3v) is 4.36. The maximum absolute atomic E-state index is 12.2. The number of anilines is 1. The molecule has 0 aliphatic heterocycles. The first-order chi connectivity index (χ1) is 11.2. The van der Waals surface area contributed by atoms with Crippen molar-refractivity contribution in [2.24, 2.45) is 0 Å². The first-order valence-corrected chi connectivity index (χ1v) is 7.71. The monoisotopic (exact) mass is 332 g/mol. The number of nitrogens with two attached hydrogens (primary N) is 1. The average Bonchev–Trinajstić information content (AvgIpc) is 3.23. The summed E-state index contributed by atoms with van der Waals surface area (Å²) in [7, 11) is 0. The predicted molar refractivity (Wildman–Crippen MR) is 84.2 cm³/mol. The van der Waals surface area contributed by atoms with Gasteiger partial charge >= 0.3 is 4.87 Å². The molecule has 10 heteroatoms. The van der Waals surface area contributed by atoms with Crippen molar-refractivity contribution < 1.29 is 9.52 Å². The molecule has 4 heterocycles. The third kappa shape index (κ3) is 2.11. The van der Waals surface area contributed by atoms with Crippen LogP contribution in [0.15, 0.2) is 27.6 Å². The van der Waals surface area contributed by atoms with Gasteiger partial charge in [-0.15, -0.1) is 5.10 Å². The number of aliphatic hydroxyl groups is 1. The number of hydrogen-bond acceptors (Lipinski definition) is 8. The lowest BCUT2D eigenvalue weighted by molar-refractivity contribution is 0.280. The Kier molecular flexibility index (Phi) is 3.13. The minimum absolute atomic E-state index is 0.00488. The van der Waals surface area contributed by atoms with Crippen LogP contribution in [0.25, 0.3) is 27.6 Å². The average molecular weight is 332 g/mol. The molecule has 0 saturated carbocycles. The Labute approximate surface area is 132 Å². The van der Waals surface area contributed by atoms with Crippen molar-refractivity contribution in [2.45, 2.75) is 13.0 Å². The van der Waals surface area contributed by atoms with Crippen molar-refractivity contribution in [1.82, 2.24) is 24.1 Å². The molecule has 9 nitrogen and oxygen atoms in total. The first-order valence-electron chi connectivity index (χ1n) is 6.89. The number of aromatic nitrogens is 5. The molecule has 0 aliphatic carbocycles. The van der Waals surface area contributed by atoms with Crippen LogP contribution >= 0.6 is 11.3 Å². The zero-order chi connectivity index (χ0) is 16.0. The van der Waals surface area contributed by atoms with Crippen molar-refractivity contribution in [3.63, 3.8) is 0 Å². The van der Waals surface area contributed by atoms with Gasteiger partial charge in [-0.1, -0.05) is 11.3 Å². The number of nitrogens with zero attached hydrogens (tertiary/aromatic N) is 5. The number of nitrogen functional groups attached to an aromatic ring is 1. The fourth-order valence-corrected chi connectivity index (χ4v) is 3.30. The summed E-state index contributed by atoms with van der Waals surface area (Å²) in [5.74, 6) is 1.01. The van der Waals surface area contributed by atoms with E-state index < -0.39 is 0 Å². The summed E-state index contributed by atoms with van der Waals surface area (Å²) in [5.41, 5.74) is 6.87. The number of hydrogen-bond donors (Lipinski definition) is 2. The Morgan fingerprint density at radius 2 is 2.22 bits per heavy atom. The van der Waals surface area contributed by atoms with Crippen LogP contribution in [0.1, 0.15) is 6.42 Å². The Hall–Kier alpha value is -2.72. The topological polar surface area (TPSA) is 124 Å². The number of fused-ring (bicyclic) bond motifs is 3. The molecule has 0 amide bonds. The van der Waals surface area contributed by atoms with Crippen molar-refractivity contribution in [2.75, 3.05) is 12.3 Å². The fraction of sp³-hybridized carbons (Fsp3) is 0.231. The highest BCUT2D eigenvalue weighted by Crippen LogP contribution is 2.25. The van der Waals surface area contributed by atoms with Gasteiger partial charge in [0.15, 0.2) is 17.1 Å². The molecule has 0 aromatic carbocycles. The minimum atomic E-state index is -0.170. The van der Waals surface area contributed by atoms with Gasteiger partial charge in [-0.05, 0) is 18.6 Å². The predicted octanol–water partition coefficient (Wildman–Crippen LogP) is 0.725. The van der Waals surface area contributed by atoms with Gasteiger partial charge in [-0.2, -0.15) is 9.50 Å². The van der Waals surface area contributed by atoms with E-state index in [1.165, 1.54) is 15.3 Å². The van der Waals surface area contributed by atoms with E-state index in [4.69, 9.17) is 15.3 Å². The summed E-state index contributed by atoms with van der Waals surface area (Å²) in [6.07, 6.45) is 1.99. The van der Waals surface area contributed by atoms with Gasteiger partial charge in [0, 0.05) is 13.2 Å². The van der Waals surface area contributed by atoms with E-state index in [0.717, 1.165) is 11.3 Å². The Morgan fingerprint density at radius 3 is 2.96 bits per heavy atom. The zero-order valence-corrected chi connectivity index (χ0v) is 12.7. The van der Waals surface area contributed by atoms with E-state index in [-0.39, 0.29) is 17.4 Å². The standard InChI is InChI=1S/C13H12N6O3S/c14-12-16-10-8(23-13(21)18(10)4-2-5-20)11-15-9(17-19(11)12)7-3-1-6-22-7/h1,3,6,20H,2,4-5H2,(H2,14,16). The summed E-state index contributed by atoms with van der Waals surface area (Å²) in [4.78, 5) is 20.7. The summed E-state index contributed by atoms with van der Waals surface area (Å²) in [5, 5.41) is 13.3. The molecule has 0 saturated heterocycles. The molecule has 3 N–H and O–H groups in total. The Bertz CT molecular complexity index is 1050. The second-order valence-electron chi connectivity index (χ2n) is 4.87. The molecule has 0 unspecified atom stereocenters. The zero-order valence-electron chi connectivity index (χ0n) is 11.8. The highest BCUT2D eigenvalue weighted by molar-refractivity contribution is 7.17. The van der Waals surface area contributed by atoms with Crippen LogP contribution < -0.4 is 10.6 Å². The molecule has 4 aromatic heterocycles. The lowest BCUT2D eigenvalue weighted by Gasteiger charge is -2.02. The first kappa shape index (κ1) is 13.9. The largest absolute Gasteiger partial charge is 0.461 e. The molecule has 4 rings (SSSR count). The Morgan fingerprint density at radius 1 is 1.35 bits per heavy atom. The van der Waals surface area contributed by atoms with Gasteiger partial charge in [-0.3, -0.25) is 9.36 Å². The fourth-order valence-electron chi connectivity index (χ4n) is 2.36. The number of furan rings is 1. The third-order valence-electron chi connectivity index (χ3n) is 3.40. The number of thiazole rings is 1. The minimum Gasteiger partial charge on any atom is -0.461 e. The van der Waals surface area contributed by atoms with Crippen LogP contribution in [0.4, 0.5) is 5.95 Å². The van der Waals surface area contributed by atoms with E-state index in [1.54, 1.807) is 12.1 Å². The quantitative estimate of drug-likeness (QED) is 0.564. The van der Waals surface area contributed by atoms with Crippen LogP contribution in [-0.2, 0) is 6.54 Å². The van der Waals surface area contributed by atoms with Crippen LogP contribution in [0.5, 0.6) is 0 Å². The smallest absolute Gasteiger partial charge is 0.309 e. The number of aliphatic hydroxyl groups excluding tert-OH is 1. The van der Waals surface area contributed by atoms with Gasteiger partial charge < -0.3 is 15.3 Å². The lowest BCUT2D eigenvalue weighted by atomic mass is 10.4. The van der Waals surface area contributed by atoms with E-state index in [0.29, 0.717) is 40.5 Å². The Balaban J connectivity index is 1.99. The maximum Gasteiger partial charge on any atom is 0.309 e. The van der Waals surface area contributed by atoms with Crippen LogP contribution in [0.2, 0.25) is 0 Å². The van der Waals surface area contributed by atoms with Crippen molar-refractivity contribution in [3.05, 3.63) is 28.1 Å². The maximum atomic E-state index is 12.2. The highest BCUT2D eigenvalue weighted by Gasteiger charge is 2.19. The molecule has 0 bridgehead atoms. The highest BCUT2D eigenvalue weighted by atomic mass is 32.1. The normalized spacial score (nSPS) is 11.7. The SMILES string of the molecule is Nc1nc2c(sc(=O)n2CCCO)c2nc(-c3ccco3)nn12. The van der Waals surface area contributed by atoms with E-state index in [9.17, 15) is 4.79 Å². The molecular formula is C13H12N6O3S. The van der Waals surface area contributed by atoms with E-state index >= 15 is 0 Å².